The van der Waals surface area contributed by atoms with Gasteiger partial charge >= 0.3 is 0 Å². The molecule has 5 heteroatoms. The Kier molecular flexibility index (Phi) is 6.21. The van der Waals surface area contributed by atoms with Gasteiger partial charge in [-0.05, 0) is 44.2 Å². The molecule has 0 spiro atoms. The number of nitrogens with zero attached hydrogens (tertiary/aromatic N) is 2. The highest BCUT2D eigenvalue weighted by atomic mass is 16.5. The van der Waals surface area contributed by atoms with Crippen molar-refractivity contribution in [2.45, 2.75) is 64.0 Å². The van der Waals surface area contributed by atoms with Gasteiger partial charge in [0.05, 0.1) is 12.7 Å². The molecule has 1 atom stereocenters. The molecule has 24 heavy (non-hydrogen) atoms. The summed E-state index contributed by atoms with van der Waals surface area (Å²) in [6.45, 7) is 3.43. The molecule has 1 aliphatic heterocycles. The van der Waals surface area contributed by atoms with E-state index in [1.165, 1.54) is 19.3 Å². The van der Waals surface area contributed by atoms with E-state index in [4.69, 9.17) is 9.47 Å². The second-order valence-corrected chi connectivity index (χ2v) is 6.90. The van der Waals surface area contributed by atoms with Crippen molar-refractivity contribution in [3.63, 3.8) is 0 Å². The van der Waals surface area contributed by atoms with E-state index in [9.17, 15) is 4.79 Å². The summed E-state index contributed by atoms with van der Waals surface area (Å²) < 4.78 is 11.2. The maximum Gasteiger partial charge on any atom is 0.254 e. The van der Waals surface area contributed by atoms with Gasteiger partial charge in [0.15, 0.2) is 0 Å². The monoisotopic (exact) mass is 332 g/mol. The third-order valence-corrected chi connectivity index (χ3v) is 4.90. The largest absolute Gasteiger partial charge is 0.376 e. The van der Waals surface area contributed by atoms with Crippen LogP contribution in [0.1, 0.15) is 50.5 Å². The van der Waals surface area contributed by atoms with Crippen LogP contribution in [-0.4, -0.2) is 42.9 Å². The fourth-order valence-electron chi connectivity index (χ4n) is 3.58. The lowest BCUT2D eigenvalue weighted by molar-refractivity contribution is -0.124. The molecule has 1 amide bonds. The molecular formula is C19H28N2O3. The molecule has 0 radical (unpaired) electrons. The number of pyridine rings is 1. The molecule has 2 heterocycles. The van der Waals surface area contributed by atoms with Crippen molar-refractivity contribution in [1.82, 2.24) is 4.98 Å². The predicted octanol–water partition coefficient (Wildman–Crippen LogP) is 3.25. The molecule has 1 saturated carbocycles. The Hall–Kier alpha value is -1.46. The maximum absolute atomic E-state index is 12.8. The lowest BCUT2D eigenvalue weighted by atomic mass is 9.94. The first-order valence-electron chi connectivity index (χ1n) is 9.18. The quantitative estimate of drug-likeness (QED) is 0.802. The van der Waals surface area contributed by atoms with Crippen LogP contribution in [0.25, 0.3) is 0 Å². The molecule has 2 aliphatic rings. The Labute approximate surface area is 144 Å². The number of amides is 1. The first kappa shape index (κ1) is 17.4. The Morgan fingerprint density at radius 3 is 2.75 bits per heavy atom. The van der Waals surface area contributed by atoms with Crippen LogP contribution in [0.5, 0.6) is 0 Å². The highest BCUT2D eigenvalue weighted by Crippen LogP contribution is 2.26. The van der Waals surface area contributed by atoms with Crippen LogP contribution < -0.4 is 4.90 Å². The minimum absolute atomic E-state index is 0.0104. The first-order chi connectivity index (χ1) is 11.7. The fourth-order valence-corrected chi connectivity index (χ4v) is 3.58. The number of ether oxygens (including phenoxy) is 2. The van der Waals surface area contributed by atoms with Gasteiger partial charge in [0.1, 0.15) is 12.4 Å². The lowest BCUT2D eigenvalue weighted by Crippen LogP contribution is -2.44. The Bertz CT molecular complexity index is 520. The van der Waals surface area contributed by atoms with Gasteiger partial charge < -0.3 is 9.47 Å². The van der Waals surface area contributed by atoms with Crippen molar-refractivity contribution in [1.29, 1.82) is 0 Å². The van der Waals surface area contributed by atoms with Crippen LogP contribution >= 0.6 is 0 Å². The van der Waals surface area contributed by atoms with Crippen molar-refractivity contribution in [3.05, 3.63) is 23.9 Å². The summed E-state index contributed by atoms with van der Waals surface area (Å²) in [4.78, 5) is 19.2. The molecule has 0 N–H and O–H groups in total. The number of rotatable bonds is 6. The number of aryl methyl sites for hydroxylation is 1. The normalized spacial score (nSPS) is 21.8. The van der Waals surface area contributed by atoms with E-state index in [-0.39, 0.29) is 24.7 Å². The lowest BCUT2D eigenvalue weighted by Gasteiger charge is -2.33. The molecule has 0 unspecified atom stereocenters. The smallest absolute Gasteiger partial charge is 0.254 e. The van der Waals surface area contributed by atoms with Crippen LogP contribution in [0.2, 0.25) is 0 Å². The van der Waals surface area contributed by atoms with Crippen molar-refractivity contribution >= 4 is 11.7 Å². The zero-order chi connectivity index (χ0) is 16.8. The van der Waals surface area contributed by atoms with Gasteiger partial charge in [-0.3, -0.25) is 9.69 Å². The second-order valence-electron chi connectivity index (χ2n) is 6.90. The third-order valence-electron chi connectivity index (χ3n) is 4.90. The Morgan fingerprint density at radius 2 is 2.08 bits per heavy atom. The van der Waals surface area contributed by atoms with Gasteiger partial charge in [0.25, 0.3) is 5.91 Å². The topological polar surface area (TPSA) is 51.7 Å². The standard InChI is InChI=1S/C19H28N2O3/c1-15-9-10-18(20-12-15)21(16-6-3-2-4-7-16)19(22)14-23-13-17-8-5-11-24-17/h9-10,12,16-17H,2-8,11,13-14H2,1H3/t17-/m1/s1. The predicted molar refractivity (Wildman–Crippen MR) is 93.1 cm³/mol. The van der Waals surface area contributed by atoms with E-state index in [0.717, 1.165) is 43.7 Å². The summed E-state index contributed by atoms with van der Waals surface area (Å²) in [5.41, 5.74) is 1.10. The van der Waals surface area contributed by atoms with Crippen molar-refractivity contribution < 1.29 is 14.3 Å². The Morgan fingerprint density at radius 1 is 1.25 bits per heavy atom. The van der Waals surface area contributed by atoms with Gasteiger partial charge in [-0.25, -0.2) is 4.98 Å². The van der Waals surface area contributed by atoms with E-state index >= 15 is 0 Å². The van der Waals surface area contributed by atoms with Gasteiger partial charge in [-0.2, -0.15) is 0 Å². The molecule has 1 aromatic rings. The highest BCUT2D eigenvalue weighted by Gasteiger charge is 2.28. The third kappa shape index (κ3) is 4.54. The SMILES string of the molecule is Cc1ccc(N(C(=O)COC[C@H]2CCCO2)C2CCCCC2)nc1. The molecule has 0 bridgehead atoms. The van der Waals surface area contributed by atoms with Crippen LogP contribution in [0.3, 0.4) is 0 Å². The van der Waals surface area contributed by atoms with Crippen LogP contribution in [0, 0.1) is 6.92 Å². The van der Waals surface area contributed by atoms with Gasteiger partial charge in [0.2, 0.25) is 0 Å². The summed E-state index contributed by atoms with van der Waals surface area (Å²) in [6.07, 6.45) is 9.80. The number of hydrogen-bond acceptors (Lipinski definition) is 4. The van der Waals surface area contributed by atoms with E-state index in [1.807, 2.05) is 30.2 Å². The fraction of sp³-hybridized carbons (Fsp3) is 0.684. The van der Waals surface area contributed by atoms with Crippen LogP contribution in [0.4, 0.5) is 5.82 Å². The highest BCUT2D eigenvalue weighted by molar-refractivity contribution is 5.94. The summed E-state index contributed by atoms with van der Waals surface area (Å²) in [7, 11) is 0. The van der Waals surface area contributed by atoms with Gasteiger partial charge in [-0.1, -0.05) is 25.3 Å². The molecule has 132 valence electrons. The zero-order valence-corrected chi connectivity index (χ0v) is 14.6. The minimum Gasteiger partial charge on any atom is -0.376 e. The van der Waals surface area contributed by atoms with Crippen LogP contribution in [-0.2, 0) is 14.3 Å². The average Bonchev–Trinajstić information content (AvgIpc) is 3.11. The van der Waals surface area contributed by atoms with E-state index in [1.54, 1.807) is 0 Å². The molecule has 1 saturated heterocycles. The summed E-state index contributed by atoms with van der Waals surface area (Å²) in [6, 6.07) is 4.20. The van der Waals surface area contributed by atoms with Gasteiger partial charge in [-0.15, -0.1) is 0 Å². The van der Waals surface area contributed by atoms with Crippen molar-refractivity contribution in [3.8, 4) is 0 Å². The Balaban J connectivity index is 1.63. The number of carbonyl (C=O) groups excluding carboxylic acids is 1. The molecule has 5 nitrogen and oxygen atoms in total. The number of aromatic nitrogens is 1. The van der Waals surface area contributed by atoms with E-state index < -0.39 is 0 Å². The molecule has 2 fully saturated rings. The summed E-state index contributed by atoms with van der Waals surface area (Å²) in [5.74, 6) is 0.759. The van der Waals surface area contributed by atoms with Crippen molar-refractivity contribution in [2.24, 2.45) is 0 Å². The van der Waals surface area contributed by atoms with E-state index in [2.05, 4.69) is 4.98 Å². The molecular weight excluding hydrogens is 304 g/mol. The number of hydrogen-bond donors (Lipinski definition) is 0. The van der Waals surface area contributed by atoms with Crippen LogP contribution in [0.15, 0.2) is 18.3 Å². The maximum atomic E-state index is 12.8. The second kappa shape index (κ2) is 8.58. The minimum atomic E-state index is 0.0104. The summed E-state index contributed by atoms with van der Waals surface area (Å²) in [5, 5.41) is 0. The molecule has 3 rings (SSSR count). The van der Waals surface area contributed by atoms with Gasteiger partial charge in [0, 0.05) is 18.8 Å². The van der Waals surface area contributed by atoms with E-state index in [0.29, 0.717) is 6.61 Å². The molecule has 0 aromatic carbocycles. The first-order valence-corrected chi connectivity index (χ1v) is 9.18. The zero-order valence-electron chi connectivity index (χ0n) is 14.6. The average molecular weight is 332 g/mol. The molecule has 1 aliphatic carbocycles. The summed E-state index contributed by atoms with van der Waals surface area (Å²) >= 11 is 0. The number of carbonyl (C=O) groups is 1. The molecule has 1 aromatic heterocycles. The number of anilines is 1. The van der Waals surface area contributed by atoms with Crippen molar-refractivity contribution in [2.75, 3.05) is 24.7 Å².